The SMILES string of the molecule is N#Cc1ccccc1NC(=CC(=O)O)C(=O)O. The van der Waals surface area contributed by atoms with Crippen molar-refractivity contribution >= 4 is 17.6 Å². The molecule has 1 aromatic rings. The number of nitriles is 1. The normalized spacial score (nSPS) is 10.4. The highest BCUT2D eigenvalue weighted by atomic mass is 16.4. The lowest BCUT2D eigenvalue weighted by Crippen LogP contribution is -2.13. The van der Waals surface area contributed by atoms with Crippen molar-refractivity contribution in [2.75, 3.05) is 5.32 Å². The van der Waals surface area contributed by atoms with Crippen molar-refractivity contribution in [1.82, 2.24) is 0 Å². The predicted octanol–water partition coefficient (Wildman–Crippen LogP) is 1.02. The summed E-state index contributed by atoms with van der Waals surface area (Å²) in [6.45, 7) is 0. The quantitative estimate of drug-likeness (QED) is 0.668. The number of rotatable bonds is 4. The van der Waals surface area contributed by atoms with E-state index in [9.17, 15) is 9.59 Å². The van der Waals surface area contributed by atoms with Crippen LogP contribution in [0.1, 0.15) is 5.56 Å². The lowest BCUT2D eigenvalue weighted by Gasteiger charge is -2.07. The van der Waals surface area contributed by atoms with Gasteiger partial charge in [0.05, 0.1) is 17.3 Å². The first kappa shape index (κ1) is 12.3. The van der Waals surface area contributed by atoms with E-state index in [-0.39, 0.29) is 11.3 Å². The molecule has 86 valence electrons. The summed E-state index contributed by atoms with van der Waals surface area (Å²) in [5, 5.41) is 28.4. The van der Waals surface area contributed by atoms with Crippen molar-refractivity contribution < 1.29 is 19.8 Å². The lowest BCUT2D eigenvalue weighted by molar-refractivity contribution is -0.134. The van der Waals surface area contributed by atoms with Gasteiger partial charge in [0.1, 0.15) is 11.8 Å². The molecule has 0 aliphatic heterocycles. The highest BCUT2D eigenvalue weighted by Crippen LogP contribution is 2.15. The number of benzene rings is 1. The molecule has 3 N–H and O–H groups in total. The molecule has 0 fully saturated rings. The van der Waals surface area contributed by atoms with Gasteiger partial charge in [-0.05, 0) is 12.1 Å². The Labute approximate surface area is 96.4 Å². The van der Waals surface area contributed by atoms with Crippen molar-refractivity contribution in [3.8, 4) is 6.07 Å². The molecule has 1 rings (SSSR count). The number of anilines is 1. The van der Waals surface area contributed by atoms with Crippen LogP contribution in [0.5, 0.6) is 0 Å². The molecule has 0 aliphatic rings. The zero-order valence-electron chi connectivity index (χ0n) is 8.54. The van der Waals surface area contributed by atoms with E-state index >= 15 is 0 Å². The minimum Gasteiger partial charge on any atom is -0.478 e. The number of nitrogens with one attached hydrogen (secondary N) is 1. The van der Waals surface area contributed by atoms with Crippen LogP contribution in [0.15, 0.2) is 36.0 Å². The van der Waals surface area contributed by atoms with Crippen LogP contribution in [0, 0.1) is 11.3 Å². The average molecular weight is 232 g/mol. The van der Waals surface area contributed by atoms with Gasteiger partial charge in [0.15, 0.2) is 0 Å². The second-order valence-electron chi connectivity index (χ2n) is 2.98. The third-order valence-electron chi connectivity index (χ3n) is 1.82. The topological polar surface area (TPSA) is 110 Å². The van der Waals surface area contributed by atoms with Crippen molar-refractivity contribution in [3.05, 3.63) is 41.6 Å². The molecule has 0 atom stereocenters. The van der Waals surface area contributed by atoms with Gasteiger partial charge in [0.2, 0.25) is 0 Å². The Morgan fingerprint density at radius 2 is 1.94 bits per heavy atom. The molecular weight excluding hydrogens is 224 g/mol. The maximum Gasteiger partial charge on any atom is 0.352 e. The number of para-hydroxylation sites is 1. The molecule has 0 heterocycles. The molecule has 0 spiro atoms. The van der Waals surface area contributed by atoms with Crippen LogP contribution in [-0.2, 0) is 9.59 Å². The van der Waals surface area contributed by atoms with Crippen LogP contribution < -0.4 is 5.32 Å². The minimum absolute atomic E-state index is 0.227. The van der Waals surface area contributed by atoms with Crippen LogP contribution in [-0.4, -0.2) is 22.2 Å². The van der Waals surface area contributed by atoms with E-state index in [1.807, 2.05) is 6.07 Å². The Balaban J connectivity index is 3.07. The summed E-state index contributed by atoms with van der Waals surface area (Å²) in [6.07, 6.45) is 0.524. The zero-order valence-corrected chi connectivity index (χ0v) is 8.54. The molecule has 0 unspecified atom stereocenters. The van der Waals surface area contributed by atoms with Gasteiger partial charge in [-0.3, -0.25) is 0 Å². The van der Waals surface area contributed by atoms with E-state index < -0.39 is 17.6 Å². The van der Waals surface area contributed by atoms with E-state index in [0.717, 1.165) is 0 Å². The van der Waals surface area contributed by atoms with Gasteiger partial charge in [-0.15, -0.1) is 0 Å². The van der Waals surface area contributed by atoms with Crippen LogP contribution in [0.3, 0.4) is 0 Å². The summed E-state index contributed by atoms with van der Waals surface area (Å²) in [7, 11) is 0. The molecule has 0 bridgehead atoms. The lowest BCUT2D eigenvalue weighted by atomic mass is 10.2. The zero-order chi connectivity index (χ0) is 12.8. The Kier molecular flexibility index (Phi) is 3.84. The van der Waals surface area contributed by atoms with Crippen LogP contribution in [0.25, 0.3) is 0 Å². The summed E-state index contributed by atoms with van der Waals surface area (Å²) in [5.41, 5.74) is -0.0462. The number of carboxylic acid groups (broad SMARTS) is 2. The maximum absolute atomic E-state index is 10.8. The third kappa shape index (κ3) is 3.35. The monoisotopic (exact) mass is 232 g/mol. The first-order chi connectivity index (χ1) is 8.04. The van der Waals surface area contributed by atoms with Crippen molar-refractivity contribution in [2.45, 2.75) is 0 Å². The highest BCUT2D eigenvalue weighted by molar-refractivity contribution is 5.97. The minimum atomic E-state index is -1.42. The third-order valence-corrected chi connectivity index (χ3v) is 1.82. The summed E-state index contributed by atoms with van der Waals surface area (Å²) in [6, 6.07) is 8.05. The first-order valence-electron chi connectivity index (χ1n) is 4.48. The van der Waals surface area contributed by atoms with Crippen molar-refractivity contribution in [1.29, 1.82) is 5.26 Å². The molecule has 6 nitrogen and oxygen atoms in total. The number of carboxylic acids is 2. The fourth-order valence-corrected chi connectivity index (χ4v) is 1.11. The largest absolute Gasteiger partial charge is 0.478 e. The molecular formula is C11H8N2O4. The van der Waals surface area contributed by atoms with E-state index in [4.69, 9.17) is 15.5 Å². The number of hydrogen-bond donors (Lipinski definition) is 3. The summed E-state index contributed by atoms with van der Waals surface area (Å²) in [4.78, 5) is 21.2. The first-order valence-corrected chi connectivity index (χ1v) is 4.48. The van der Waals surface area contributed by atoms with E-state index in [2.05, 4.69) is 5.32 Å². The Hall–Kier alpha value is -2.81. The molecule has 0 saturated carbocycles. The summed E-state index contributed by atoms with van der Waals surface area (Å²) < 4.78 is 0. The number of aliphatic carboxylic acids is 2. The van der Waals surface area contributed by atoms with E-state index in [1.54, 1.807) is 12.1 Å². The van der Waals surface area contributed by atoms with Crippen LogP contribution >= 0.6 is 0 Å². The Morgan fingerprint density at radius 3 is 2.47 bits per heavy atom. The smallest absolute Gasteiger partial charge is 0.352 e. The number of nitrogens with zero attached hydrogens (tertiary/aromatic N) is 1. The molecule has 0 aromatic heterocycles. The molecule has 0 saturated heterocycles. The maximum atomic E-state index is 10.8. The Morgan fingerprint density at radius 1 is 1.29 bits per heavy atom. The average Bonchev–Trinajstić information content (AvgIpc) is 2.28. The second-order valence-corrected chi connectivity index (χ2v) is 2.98. The van der Waals surface area contributed by atoms with Crippen LogP contribution in [0.4, 0.5) is 5.69 Å². The van der Waals surface area contributed by atoms with E-state index in [0.29, 0.717) is 6.08 Å². The molecule has 0 amide bonds. The molecule has 0 aliphatic carbocycles. The van der Waals surface area contributed by atoms with Gasteiger partial charge in [-0.2, -0.15) is 5.26 Å². The van der Waals surface area contributed by atoms with Crippen molar-refractivity contribution in [2.24, 2.45) is 0 Å². The highest BCUT2D eigenvalue weighted by Gasteiger charge is 2.11. The van der Waals surface area contributed by atoms with Crippen LogP contribution in [0.2, 0.25) is 0 Å². The molecule has 6 heteroatoms. The van der Waals surface area contributed by atoms with E-state index in [1.165, 1.54) is 12.1 Å². The molecule has 0 radical (unpaired) electrons. The molecule has 17 heavy (non-hydrogen) atoms. The Bertz CT molecular complexity index is 529. The summed E-state index contributed by atoms with van der Waals surface area (Å²) in [5.74, 6) is -2.80. The van der Waals surface area contributed by atoms with Gasteiger partial charge in [-0.1, -0.05) is 12.1 Å². The predicted molar refractivity (Wildman–Crippen MR) is 58.1 cm³/mol. The standard InChI is InChI=1S/C11H8N2O4/c12-6-7-3-1-2-4-8(7)13-9(11(16)17)5-10(14)15/h1-5,13H,(H,14,15)(H,16,17). The fourth-order valence-electron chi connectivity index (χ4n) is 1.11. The van der Waals surface area contributed by atoms with Gasteiger partial charge in [0.25, 0.3) is 0 Å². The fraction of sp³-hybridized carbons (Fsp3) is 0. The molecule has 1 aromatic carbocycles. The van der Waals surface area contributed by atoms with Gasteiger partial charge in [-0.25, -0.2) is 9.59 Å². The summed E-state index contributed by atoms with van der Waals surface area (Å²) >= 11 is 0. The number of hydrogen-bond acceptors (Lipinski definition) is 4. The van der Waals surface area contributed by atoms with Gasteiger partial charge < -0.3 is 15.5 Å². The van der Waals surface area contributed by atoms with Gasteiger partial charge in [0, 0.05) is 0 Å². The van der Waals surface area contributed by atoms with Crippen molar-refractivity contribution in [3.63, 3.8) is 0 Å². The number of carbonyl (C=O) groups is 2. The van der Waals surface area contributed by atoms with Gasteiger partial charge >= 0.3 is 11.9 Å². The second kappa shape index (κ2) is 5.32.